The summed E-state index contributed by atoms with van der Waals surface area (Å²) in [6.07, 6.45) is -0.00556. The number of halogens is 1. The fourth-order valence-corrected chi connectivity index (χ4v) is 6.02. The number of amides is 2. The van der Waals surface area contributed by atoms with Crippen LogP contribution in [-0.4, -0.2) is 91.2 Å². The van der Waals surface area contributed by atoms with Crippen molar-refractivity contribution in [2.75, 3.05) is 26.1 Å². The first-order chi connectivity index (χ1) is 20.6. The standard InChI is InChI=1S/C31H42ClN3O9/c1-16-9-8-10-23(36)31(40)15-22(42-29(39)34-31)17(2)27-30(4,44-27)24(43-28(38)18(3)33-5)14-25(37)35(6)20-12-19(11-16)13-21(41-7)26(20)32/h8-10,12-13,17-18,22-24,27,33,36,40H,11,14-15H2,1-7H3,(H,34,39)/b10-8+,16-9+/t17-,18+,22+,23-,24+,27?,30+,31+/m1/s1. The Morgan fingerprint density at radius 3 is 2.68 bits per heavy atom. The van der Waals surface area contributed by atoms with Crippen molar-refractivity contribution in [3.63, 3.8) is 0 Å². The third-order valence-corrected chi connectivity index (χ3v) is 9.15. The Morgan fingerprint density at radius 2 is 2.02 bits per heavy atom. The molecule has 12 nitrogen and oxygen atoms in total. The molecule has 0 radical (unpaired) electrons. The molecule has 44 heavy (non-hydrogen) atoms. The van der Waals surface area contributed by atoms with Gasteiger partial charge < -0.3 is 39.4 Å². The summed E-state index contributed by atoms with van der Waals surface area (Å²) in [5.41, 5.74) is -1.03. The van der Waals surface area contributed by atoms with E-state index >= 15 is 0 Å². The summed E-state index contributed by atoms with van der Waals surface area (Å²) in [6.45, 7) is 7.02. The fraction of sp³-hybridized carbons (Fsp3) is 0.581. The Bertz CT molecular complexity index is 1350. The third-order valence-electron chi connectivity index (χ3n) is 8.77. The van der Waals surface area contributed by atoms with Crippen LogP contribution in [0.3, 0.4) is 0 Å². The normalized spacial score (nSPS) is 35.3. The molecule has 4 bridgehead atoms. The van der Waals surface area contributed by atoms with Crippen molar-refractivity contribution in [3.8, 4) is 5.75 Å². The molecular weight excluding hydrogens is 594 g/mol. The second-order valence-corrected chi connectivity index (χ2v) is 12.4. The molecule has 0 spiro atoms. The first-order valence-corrected chi connectivity index (χ1v) is 14.9. The fourth-order valence-electron chi connectivity index (χ4n) is 5.70. The minimum Gasteiger partial charge on any atom is -0.495 e. The van der Waals surface area contributed by atoms with Crippen LogP contribution in [0.4, 0.5) is 10.5 Å². The molecule has 8 atom stereocenters. The average Bonchev–Trinajstić information content (AvgIpc) is 3.67. The number of allylic oxidation sites excluding steroid dienone is 3. The Morgan fingerprint density at radius 1 is 1.32 bits per heavy atom. The number of nitrogens with one attached hydrogen (secondary N) is 2. The molecule has 1 aromatic carbocycles. The smallest absolute Gasteiger partial charge is 0.409 e. The van der Waals surface area contributed by atoms with Crippen molar-refractivity contribution in [2.24, 2.45) is 5.92 Å². The molecule has 1 unspecified atom stereocenters. The summed E-state index contributed by atoms with van der Waals surface area (Å²) < 4.78 is 23.0. The molecule has 3 aliphatic heterocycles. The molecule has 2 fully saturated rings. The van der Waals surface area contributed by atoms with Gasteiger partial charge in [0, 0.05) is 19.4 Å². The van der Waals surface area contributed by atoms with E-state index in [9.17, 15) is 24.6 Å². The second-order valence-electron chi connectivity index (χ2n) is 12.0. The van der Waals surface area contributed by atoms with E-state index in [1.54, 1.807) is 59.2 Å². The van der Waals surface area contributed by atoms with E-state index in [0.717, 1.165) is 11.1 Å². The molecule has 2 saturated heterocycles. The predicted molar refractivity (Wildman–Crippen MR) is 162 cm³/mol. The van der Waals surface area contributed by atoms with Crippen LogP contribution in [0.15, 0.2) is 35.9 Å². The molecule has 2 amide bonds. The van der Waals surface area contributed by atoms with Gasteiger partial charge in [-0.2, -0.15) is 0 Å². The number of carbonyl (C=O) groups excluding carboxylic acids is 3. The van der Waals surface area contributed by atoms with Crippen LogP contribution >= 0.6 is 11.6 Å². The SMILES string of the molecule is CN[C@@H](C)C(=O)O[C@H]1CC(=O)N(C)c2cc(cc(OC)c2Cl)C/C(C)=C/C=C/[C@@H](O)[C@@]2(O)C[C@H](OC(=O)N2)[C@@H](C)C2O[C@]21C. The molecule has 1 aromatic rings. The van der Waals surface area contributed by atoms with Gasteiger partial charge in [0.05, 0.1) is 25.3 Å². The number of nitrogens with zero attached hydrogens (tertiary/aromatic N) is 1. The highest BCUT2D eigenvalue weighted by Crippen LogP contribution is 2.49. The van der Waals surface area contributed by atoms with Gasteiger partial charge >= 0.3 is 12.1 Å². The molecular formula is C31H42ClN3O9. The quantitative estimate of drug-likeness (QED) is 0.286. The van der Waals surface area contributed by atoms with Crippen molar-refractivity contribution < 1.29 is 43.5 Å². The molecule has 3 heterocycles. The van der Waals surface area contributed by atoms with Gasteiger partial charge in [0.1, 0.15) is 40.7 Å². The van der Waals surface area contributed by atoms with E-state index in [1.165, 1.54) is 18.1 Å². The van der Waals surface area contributed by atoms with Crippen LogP contribution in [0, 0.1) is 5.92 Å². The second kappa shape index (κ2) is 13.1. The summed E-state index contributed by atoms with van der Waals surface area (Å²) in [5, 5.41) is 27.6. The number of aliphatic hydroxyl groups excluding tert-OH is 1. The number of epoxide rings is 1. The number of hydrogen-bond donors (Lipinski definition) is 4. The monoisotopic (exact) mass is 635 g/mol. The first-order valence-electron chi connectivity index (χ1n) is 14.5. The first kappa shape index (κ1) is 33.7. The molecule has 13 heteroatoms. The Balaban J connectivity index is 1.78. The number of rotatable bonds is 4. The minimum absolute atomic E-state index is 0.142. The summed E-state index contributed by atoms with van der Waals surface area (Å²) in [6, 6.07) is 2.91. The number of ether oxygens (including phenoxy) is 4. The molecule has 4 rings (SSSR count). The van der Waals surface area contributed by atoms with E-state index in [4.69, 9.17) is 30.5 Å². The van der Waals surface area contributed by atoms with Crippen LogP contribution in [0.2, 0.25) is 5.02 Å². The van der Waals surface area contributed by atoms with Gasteiger partial charge in [-0.25, -0.2) is 4.79 Å². The van der Waals surface area contributed by atoms with Gasteiger partial charge in [-0.3, -0.25) is 14.9 Å². The van der Waals surface area contributed by atoms with Crippen molar-refractivity contribution in [2.45, 2.75) is 88.7 Å². The number of fused-ring (bicyclic) bond motifs is 5. The predicted octanol–water partition coefficient (Wildman–Crippen LogP) is 2.62. The molecule has 3 aliphatic rings. The van der Waals surface area contributed by atoms with E-state index in [2.05, 4.69) is 10.6 Å². The van der Waals surface area contributed by atoms with E-state index in [-0.39, 0.29) is 23.8 Å². The summed E-state index contributed by atoms with van der Waals surface area (Å²) in [4.78, 5) is 40.7. The maximum Gasteiger partial charge on any atom is 0.409 e. The Kier molecular flexibility index (Phi) is 10.0. The molecule has 242 valence electrons. The highest BCUT2D eigenvalue weighted by atomic mass is 35.5. The Labute approximate surface area is 262 Å². The number of alkyl carbamates (subject to hydrolysis) is 1. The van der Waals surface area contributed by atoms with Gasteiger partial charge in [-0.1, -0.05) is 42.3 Å². The molecule has 4 N–H and O–H groups in total. The maximum absolute atomic E-state index is 13.8. The van der Waals surface area contributed by atoms with Gasteiger partial charge in [0.25, 0.3) is 0 Å². The number of benzene rings is 1. The Hall–Kier alpha value is -3.16. The average molecular weight is 636 g/mol. The molecule has 0 aromatic heterocycles. The van der Waals surface area contributed by atoms with Crippen molar-refractivity contribution >= 4 is 35.3 Å². The zero-order chi connectivity index (χ0) is 32.6. The van der Waals surface area contributed by atoms with Gasteiger partial charge in [-0.05, 0) is 51.9 Å². The summed E-state index contributed by atoms with van der Waals surface area (Å²) in [7, 11) is 4.69. The lowest BCUT2D eigenvalue weighted by Crippen LogP contribution is -2.63. The van der Waals surface area contributed by atoms with E-state index in [1.807, 2.05) is 6.92 Å². The van der Waals surface area contributed by atoms with Crippen LogP contribution in [0.1, 0.15) is 46.1 Å². The van der Waals surface area contributed by atoms with E-state index < -0.39 is 59.8 Å². The highest BCUT2D eigenvalue weighted by molar-refractivity contribution is 6.35. The highest BCUT2D eigenvalue weighted by Gasteiger charge is 2.64. The third kappa shape index (κ3) is 6.89. The van der Waals surface area contributed by atoms with Crippen LogP contribution < -0.4 is 20.3 Å². The van der Waals surface area contributed by atoms with Crippen molar-refractivity contribution in [1.29, 1.82) is 0 Å². The number of methoxy groups -OCH3 is 1. The van der Waals surface area contributed by atoms with Gasteiger partial charge in [-0.15, -0.1) is 0 Å². The zero-order valence-corrected chi connectivity index (χ0v) is 26.8. The summed E-state index contributed by atoms with van der Waals surface area (Å²) >= 11 is 6.66. The lowest BCUT2D eigenvalue weighted by atomic mass is 9.83. The zero-order valence-electron chi connectivity index (χ0n) is 26.0. The number of aliphatic hydroxyl groups is 2. The number of anilines is 1. The van der Waals surface area contributed by atoms with Crippen LogP contribution in [-0.2, 0) is 30.2 Å². The topological polar surface area (TPSA) is 159 Å². The lowest BCUT2D eigenvalue weighted by molar-refractivity contribution is -0.155. The van der Waals surface area contributed by atoms with Gasteiger partial charge in [0.15, 0.2) is 5.72 Å². The van der Waals surface area contributed by atoms with Crippen molar-refractivity contribution in [3.05, 3.63) is 46.5 Å². The van der Waals surface area contributed by atoms with E-state index in [0.29, 0.717) is 17.9 Å². The number of hydrogen-bond acceptors (Lipinski definition) is 10. The molecule has 0 saturated carbocycles. The number of likely N-dealkylation sites (N-methyl/N-ethyl adjacent to an activating group) is 1. The largest absolute Gasteiger partial charge is 0.495 e. The number of carbonyl (C=O) groups is 3. The van der Waals surface area contributed by atoms with Crippen molar-refractivity contribution in [1.82, 2.24) is 10.6 Å². The lowest BCUT2D eigenvalue weighted by Gasteiger charge is -2.41. The summed E-state index contributed by atoms with van der Waals surface area (Å²) in [5.74, 6) is -1.09. The van der Waals surface area contributed by atoms with Crippen LogP contribution in [0.25, 0.3) is 0 Å². The number of esters is 1. The molecule has 0 aliphatic carbocycles. The maximum atomic E-state index is 13.8. The van der Waals surface area contributed by atoms with Crippen LogP contribution in [0.5, 0.6) is 5.75 Å². The minimum atomic E-state index is -2.01. The van der Waals surface area contributed by atoms with Gasteiger partial charge in [0.2, 0.25) is 5.91 Å².